The lowest BCUT2D eigenvalue weighted by Crippen LogP contribution is -2.05. The molecule has 0 bridgehead atoms. The van der Waals surface area contributed by atoms with Crippen molar-refractivity contribution in [2.75, 3.05) is 0 Å². The number of benzene rings is 1. The lowest BCUT2D eigenvalue weighted by Gasteiger charge is -2.04. The monoisotopic (exact) mass is 255 g/mol. The van der Waals surface area contributed by atoms with E-state index in [2.05, 4.69) is 10.3 Å². The van der Waals surface area contributed by atoms with Crippen LogP contribution < -0.4 is 0 Å². The van der Waals surface area contributed by atoms with E-state index in [9.17, 15) is 0 Å². The molecule has 5 heteroatoms. The maximum atomic E-state index is 5.86. The second kappa shape index (κ2) is 5.32. The van der Waals surface area contributed by atoms with Crippen molar-refractivity contribution < 1.29 is 0 Å². The molecule has 16 heavy (non-hydrogen) atoms. The summed E-state index contributed by atoms with van der Waals surface area (Å²) in [4.78, 5) is 0. The fourth-order valence-corrected chi connectivity index (χ4v) is 2.00. The van der Waals surface area contributed by atoms with E-state index in [0.29, 0.717) is 18.3 Å². The molecule has 0 aliphatic carbocycles. The predicted octanol–water partition coefficient (Wildman–Crippen LogP) is 2.80. The highest BCUT2D eigenvalue weighted by molar-refractivity contribution is 6.18. The van der Waals surface area contributed by atoms with Crippen LogP contribution in [-0.4, -0.2) is 15.0 Å². The van der Waals surface area contributed by atoms with E-state index in [1.165, 1.54) is 5.56 Å². The lowest BCUT2D eigenvalue weighted by atomic mass is 10.2. The number of hydrogen-bond donors (Lipinski definition) is 0. The number of alkyl halides is 2. The summed E-state index contributed by atoms with van der Waals surface area (Å²) in [7, 11) is 0. The molecule has 0 radical (unpaired) electrons. The van der Waals surface area contributed by atoms with Gasteiger partial charge in [-0.3, -0.25) is 0 Å². The number of aromatic nitrogens is 3. The maximum Gasteiger partial charge on any atom is 0.102 e. The topological polar surface area (TPSA) is 30.7 Å². The normalized spacial score (nSPS) is 10.6. The van der Waals surface area contributed by atoms with E-state index < -0.39 is 0 Å². The van der Waals surface area contributed by atoms with E-state index >= 15 is 0 Å². The number of halogens is 2. The van der Waals surface area contributed by atoms with Crippen LogP contribution >= 0.6 is 23.2 Å². The molecule has 1 aromatic heterocycles. The molecule has 0 amide bonds. The highest BCUT2D eigenvalue weighted by Crippen LogP contribution is 2.13. The van der Waals surface area contributed by atoms with Gasteiger partial charge in [0, 0.05) is 0 Å². The summed E-state index contributed by atoms with van der Waals surface area (Å²) in [5.41, 5.74) is 2.81. The molecule has 0 saturated heterocycles. The van der Waals surface area contributed by atoms with Gasteiger partial charge in [-0.2, -0.15) is 0 Å². The summed E-state index contributed by atoms with van der Waals surface area (Å²) >= 11 is 11.6. The van der Waals surface area contributed by atoms with Crippen molar-refractivity contribution in [3.8, 4) is 0 Å². The third-order valence-corrected chi connectivity index (χ3v) is 2.85. The van der Waals surface area contributed by atoms with Crippen LogP contribution in [0.3, 0.4) is 0 Å². The molecule has 2 aromatic rings. The highest BCUT2D eigenvalue weighted by atomic mass is 35.5. The molecule has 84 valence electrons. The van der Waals surface area contributed by atoms with E-state index in [4.69, 9.17) is 23.2 Å². The van der Waals surface area contributed by atoms with Gasteiger partial charge in [0.2, 0.25) is 0 Å². The predicted molar refractivity (Wildman–Crippen MR) is 64.7 cm³/mol. The molecule has 0 saturated carbocycles. The molecule has 0 N–H and O–H groups in total. The fraction of sp³-hybridized carbons (Fsp3) is 0.273. The molecule has 0 aliphatic heterocycles. The van der Waals surface area contributed by atoms with Crippen LogP contribution in [0.25, 0.3) is 0 Å². The van der Waals surface area contributed by atoms with Gasteiger partial charge in [-0.1, -0.05) is 35.5 Å². The average Bonchev–Trinajstić information content (AvgIpc) is 2.72. The minimum absolute atomic E-state index is 0.344. The SMILES string of the molecule is ClCc1nnn(Cc2ccccc2)c1CCl. The smallest absolute Gasteiger partial charge is 0.102 e. The van der Waals surface area contributed by atoms with E-state index in [-0.39, 0.29) is 0 Å². The zero-order valence-corrected chi connectivity index (χ0v) is 10.1. The summed E-state index contributed by atoms with van der Waals surface area (Å²) in [6.45, 7) is 0.673. The van der Waals surface area contributed by atoms with Crippen molar-refractivity contribution in [2.24, 2.45) is 0 Å². The van der Waals surface area contributed by atoms with Crippen molar-refractivity contribution in [2.45, 2.75) is 18.3 Å². The van der Waals surface area contributed by atoms with Crippen LogP contribution in [-0.2, 0) is 18.3 Å². The Morgan fingerprint density at radius 3 is 2.44 bits per heavy atom. The molecular weight excluding hydrogens is 245 g/mol. The zero-order valence-electron chi connectivity index (χ0n) is 8.61. The van der Waals surface area contributed by atoms with Crippen LogP contribution in [0.15, 0.2) is 30.3 Å². The quantitative estimate of drug-likeness (QED) is 0.787. The van der Waals surface area contributed by atoms with Gasteiger partial charge in [-0.15, -0.1) is 28.3 Å². The van der Waals surface area contributed by atoms with Gasteiger partial charge in [-0.25, -0.2) is 4.68 Å². The lowest BCUT2D eigenvalue weighted by molar-refractivity contribution is 0.630. The van der Waals surface area contributed by atoms with E-state index in [1.54, 1.807) is 4.68 Å². The standard InChI is InChI=1S/C11H11Cl2N3/c12-6-10-11(7-13)16(15-14-10)8-9-4-2-1-3-5-9/h1-5H,6-8H2. The van der Waals surface area contributed by atoms with Crippen molar-refractivity contribution in [3.05, 3.63) is 47.3 Å². The highest BCUT2D eigenvalue weighted by Gasteiger charge is 2.10. The van der Waals surface area contributed by atoms with Crippen LogP contribution in [0, 0.1) is 0 Å². The average molecular weight is 256 g/mol. The first-order chi connectivity index (χ1) is 7.85. The Hall–Kier alpha value is -1.06. The van der Waals surface area contributed by atoms with E-state index in [0.717, 1.165) is 11.4 Å². The molecule has 0 unspecified atom stereocenters. The Morgan fingerprint density at radius 2 is 1.81 bits per heavy atom. The second-order valence-electron chi connectivity index (χ2n) is 3.39. The van der Waals surface area contributed by atoms with Gasteiger partial charge in [0.15, 0.2) is 0 Å². The Labute approximate surface area is 104 Å². The Kier molecular flexibility index (Phi) is 3.80. The third kappa shape index (κ3) is 2.36. The molecule has 0 spiro atoms. The van der Waals surface area contributed by atoms with Gasteiger partial charge in [-0.05, 0) is 5.56 Å². The van der Waals surface area contributed by atoms with E-state index in [1.807, 2.05) is 30.3 Å². The first-order valence-electron chi connectivity index (χ1n) is 4.92. The van der Waals surface area contributed by atoms with Crippen molar-refractivity contribution in [1.82, 2.24) is 15.0 Å². The van der Waals surface area contributed by atoms with Crippen LogP contribution in [0.4, 0.5) is 0 Å². The number of nitrogens with zero attached hydrogens (tertiary/aromatic N) is 3. The minimum Gasteiger partial charge on any atom is -0.243 e. The first-order valence-corrected chi connectivity index (χ1v) is 5.99. The summed E-state index contributed by atoms with van der Waals surface area (Å²) in [5.74, 6) is 0.721. The van der Waals surface area contributed by atoms with Crippen LogP contribution in [0.2, 0.25) is 0 Å². The zero-order chi connectivity index (χ0) is 11.4. The van der Waals surface area contributed by atoms with Crippen LogP contribution in [0.5, 0.6) is 0 Å². The largest absolute Gasteiger partial charge is 0.243 e. The Morgan fingerprint density at radius 1 is 1.06 bits per heavy atom. The van der Waals surface area contributed by atoms with Gasteiger partial charge in [0.25, 0.3) is 0 Å². The molecule has 1 heterocycles. The summed E-state index contributed by atoms with van der Waals surface area (Å²) in [6, 6.07) is 10.1. The molecule has 0 aliphatic rings. The number of hydrogen-bond acceptors (Lipinski definition) is 2. The molecule has 3 nitrogen and oxygen atoms in total. The maximum absolute atomic E-state index is 5.86. The second-order valence-corrected chi connectivity index (χ2v) is 3.93. The molecule has 2 rings (SSSR count). The third-order valence-electron chi connectivity index (χ3n) is 2.35. The van der Waals surface area contributed by atoms with Crippen molar-refractivity contribution >= 4 is 23.2 Å². The van der Waals surface area contributed by atoms with Crippen molar-refractivity contribution in [3.63, 3.8) is 0 Å². The molecule has 1 aromatic carbocycles. The minimum atomic E-state index is 0.344. The Bertz CT molecular complexity index is 454. The molecular formula is C11H11Cl2N3. The number of rotatable bonds is 4. The molecule has 0 fully saturated rings. The van der Waals surface area contributed by atoms with Gasteiger partial charge < -0.3 is 0 Å². The van der Waals surface area contributed by atoms with Gasteiger partial charge in [0.05, 0.1) is 24.0 Å². The fourth-order valence-electron chi connectivity index (χ4n) is 1.50. The summed E-state index contributed by atoms with van der Waals surface area (Å²) in [6.07, 6.45) is 0. The van der Waals surface area contributed by atoms with Crippen LogP contribution in [0.1, 0.15) is 17.0 Å². The van der Waals surface area contributed by atoms with Gasteiger partial charge >= 0.3 is 0 Å². The Balaban J connectivity index is 2.25. The summed E-state index contributed by atoms with van der Waals surface area (Å²) < 4.78 is 1.79. The van der Waals surface area contributed by atoms with Crippen molar-refractivity contribution in [1.29, 1.82) is 0 Å². The first kappa shape index (κ1) is 11.4. The van der Waals surface area contributed by atoms with Gasteiger partial charge in [0.1, 0.15) is 5.69 Å². The summed E-state index contributed by atoms with van der Waals surface area (Å²) in [5, 5.41) is 8.05. The molecule has 0 atom stereocenters.